The van der Waals surface area contributed by atoms with Crippen LogP contribution in [0.2, 0.25) is 0 Å². The Kier molecular flexibility index (Phi) is 9.61. The van der Waals surface area contributed by atoms with Gasteiger partial charge in [-0.15, -0.1) is 0 Å². The second-order valence-electron chi connectivity index (χ2n) is 8.81. The van der Waals surface area contributed by atoms with Crippen molar-refractivity contribution in [3.8, 4) is 0 Å². The monoisotopic (exact) mass is 668 g/mol. The molecular formula is C25H23F6IN4O3. The first kappa shape index (κ1) is 30.4. The number of hydrogen-bond acceptors (Lipinski definition) is 4. The Bertz CT molecular complexity index is 1240. The van der Waals surface area contributed by atoms with E-state index in [1.807, 2.05) is 0 Å². The Labute approximate surface area is 233 Å². The van der Waals surface area contributed by atoms with Crippen molar-refractivity contribution < 1.29 is 40.7 Å². The summed E-state index contributed by atoms with van der Waals surface area (Å²) in [5.41, 5.74) is 7.05. The van der Waals surface area contributed by atoms with E-state index in [4.69, 9.17) is 5.73 Å². The summed E-state index contributed by atoms with van der Waals surface area (Å²) in [5, 5.41) is 2.26. The van der Waals surface area contributed by atoms with Gasteiger partial charge in [0, 0.05) is 35.8 Å². The van der Waals surface area contributed by atoms with E-state index in [0.29, 0.717) is 22.5 Å². The number of carbonyl (C=O) groups excluding carboxylic acids is 3. The molecule has 0 spiro atoms. The number of nitrogens with one attached hydrogen (secondary N) is 1. The number of rotatable bonds is 9. The highest BCUT2D eigenvalue weighted by Gasteiger charge is 2.41. The molecule has 3 atom stereocenters. The summed E-state index contributed by atoms with van der Waals surface area (Å²) >= 11 is 1.69. The van der Waals surface area contributed by atoms with Crippen LogP contribution in [0.3, 0.4) is 0 Å². The van der Waals surface area contributed by atoms with Crippen molar-refractivity contribution in [2.24, 2.45) is 22.6 Å². The van der Waals surface area contributed by atoms with Crippen LogP contribution in [0.4, 0.5) is 32.0 Å². The number of halogens is 7. The van der Waals surface area contributed by atoms with Crippen molar-refractivity contribution in [1.29, 1.82) is 0 Å². The van der Waals surface area contributed by atoms with E-state index in [-0.39, 0.29) is 0 Å². The van der Waals surface area contributed by atoms with Gasteiger partial charge in [-0.2, -0.15) is 26.3 Å². The number of benzodiazepines with no additional fused rings is 1. The van der Waals surface area contributed by atoms with Gasteiger partial charge >= 0.3 is 12.4 Å². The number of anilines is 1. The van der Waals surface area contributed by atoms with Gasteiger partial charge in [-0.05, 0) is 18.9 Å². The van der Waals surface area contributed by atoms with Crippen molar-refractivity contribution in [2.75, 3.05) is 3.11 Å². The predicted octanol–water partition coefficient (Wildman–Crippen LogP) is 5.07. The normalized spacial score (nSPS) is 17.5. The number of aliphatic imine (C=N–C) groups is 1. The van der Waals surface area contributed by atoms with Crippen molar-refractivity contribution in [3.63, 3.8) is 0 Å². The molecule has 0 saturated heterocycles. The molecule has 1 aliphatic heterocycles. The third kappa shape index (κ3) is 8.16. The van der Waals surface area contributed by atoms with Gasteiger partial charge in [-0.25, -0.2) is 8.11 Å². The molecule has 2 aromatic carbocycles. The SMILES string of the molecule is NC(=O)[C@@H](CCC(F)(F)F)[C@@H](CCC(F)(F)F)C(=O)N[C@H]1N=C(c2ccccc2)c2ccccc2N(I)C1=O. The van der Waals surface area contributed by atoms with Crippen LogP contribution in [0.15, 0.2) is 59.6 Å². The third-order valence-electron chi connectivity index (χ3n) is 6.05. The lowest BCUT2D eigenvalue weighted by molar-refractivity contribution is -0.152. The van der Waals surface area contributed by atoms with Gasteiger partial charge in [-0.3, -0.25) is 14.4 Å². The number of nitrogens with zero attached hydrogens (tertiary/aromatic N) is 2. The van der Waals surface area contributed by atoms with Crippen molar-refractivity contribution in [2.45, 2.75) is 44.2 Å². The minimum Gasteiger partial charge on any atom is -0.369 e. The Balaban J connectivity index is 2.00. The van der Waals surface area contributed by atoms with Crippen LogP contribution in [0, 0.1) is 11.8 Å². The highest BCUT2D eigenvalue weighted by atomic mass is 127. The number of benzene rings is 2. The fourth-order valence-corrected chi connectivity index (χ4v) is 4.87. The maximum Gasteiger partial charge on any atom is 0.389 e. The van der Waals surface area contributed by atoms with E-state index < -0.39 is 73.8 Å². The van der Waals surface area contributed by atoms with Gasteiger partial charge in [0.15, 0.2) is 0 Å². The molecule has 0 radical (unpaired) electrons. The molecule has 0 unspecified atom stereocenters. The minimum absolute atomic E-state index is 0.291. The lowest BCUT2D eigenvalue weighted by Crippen LogP contribution is -2.49. The summed E-state index contributed by atoms with van der Waals surface area (Å²) in [6, 6.07) is 15.3. The third-order valence-corrected chi connectivity index (χ3v) is 7.04. The number of fused-ring (bicyclic) bond motifs is 1. The van der Waals surface area contributed by atoms with E-state index in [1.54, 1.807) is 77.5 Å². The molecule has 0 bridgehead atoms. The van der Waals surface area contributed by atoms with E-state index in [0.717, 1.165) is 0 Å². The van der Waals surface area contributed by atoms with Gasteiger partial charge in [0.05, 0.1) is 34.3 Å². The zero-order valence-electron chi connectivity index (χ0n) is 20.1. The van der Waals surface area contributed by atoms with Crippen LogP contribution >= 0.6 is 22.9 Å². The smallest absolute Gasteiger partial charge is 0.369 e. The zero-order valence-corrected chi connectivity index (χ0v) is 22.3. The summed E-state index contributed by atoms with van der Waals surface area (Å²) in [6.07, 6.45) is -16.2. The molecule has 0 fully saturated rings. The van der Waals surface area contributed by atoms with Crippen LogP contribution in [-0.4, -0.2) is 42.0 Å². The number of primary amides is 1. The average Bonchev–Trinajstić information content (AvgIpc) is 2.95. The molecule has 39 heavy (non-hydrogen) atoms. The van der Waals surface area contributed by atoms with Crippen LogP contribution in [-0.2, 0) is 14.4 Å². The molecule has 7 nitrogen and oxygen atoms in total. The number of hydrogen-bond donors (Lipinski definition) is 2. The molecule has 2 aromatic rings. The number of para-hydroxylation sites is 1. The molecule has 0 aliphatic carbocycles. The predicted molar refractivity (Wildman–Crippen MR) is 139 cm³/mol. The first-order valence-corrected chi connectivity index (χ1v) is 12.6. The van der Waals surface area contributed by atoms with Gasteiger partial charge in [-0.1, -0.05) is 48.5 Å². The summed E-state index contributed by atoms with van der Waals surface area (Å²) in [7, 11) is 0. The number of alkyl halides is 6. The van der Waals surface area contributed by atoms with Crippen molar-refractivity contribution in [3.05, 3.63) is 65.7 Å². The molecule has 3 amide bonds. The highest BCUT2D eigenvalue weighted by molar-refractivity contribution is 14.1. The fourth-order valence-electron chi connectivity index (χ4n) is 4.18. The molecule has 210 valence electrons. The van der Waals surface area contributed by atoms with Crippen molar-refractivity contribution >= 4 is 52.0 Å². The molecule has 3 N–H and O–H groups in total. The van der Waals surface area contributed by atoms with Crippen molar-refractivity contribution in [1.82, 2.24) is 5.32 Å². The molecule has 1 heterocycles. The number of amides is 3. The standard InChI is InChI=1S/C25H23F6IN4O3/c26-24(27,28)12-10-15(20(33)37)16(11-13-25(29,30)31)22(38)35-21-23(39)36(32)18-9-5-4-8-17(18)19(34-21)14-6-2-1-3-7-14/h1-9,15-16,21H,10-13H2,(H2,33,37)(H,35,38)/t15-,16+,21+/m0/s1. The first-order chi connectivity index (χ1) is 18.2. The van der Waals surface area contributed by atoms with Gasteiger partial charge in [0.25, 0.3) is 5.91 Å². The molecular weight excluding hydrogens is 645 g/mol. The quantitative estimate of drug-likeness (QED) is 0.222. The van der Waals surface area contributed by atoms with Crippen LogP contribution in [0.1, 0.15) is 36.8 Å². The fraction of sp³-hybridized carbons (Fsp3) is 0.360. The maximum absolute atomic E-state index is 13.3. The van der Waals surface area contributed by atoms with Crippen LogP contribution in [0.5, 0.6) is 0 Å². The first-order valence-electron chi connectivity index (χ1n) is 11.6. The largest absolute Gasteiger partial charge is 0.389 e. The molecule has 14 heteroatoms. The second kappa shape index (κ2) is 12.3. The van der Waals surface area contributed by atoms with E-state index in [9.17, 15) is 40.7 Å². The topological polar surface area (TPSA) is 105 Å². The average molecular weight is 668 g/mol. The van der Waals surface area contributed by atoms with Gasteiger partial charge < -0.3 is 11.1 Å². The second-order valence-corrected chi connectivity index (χ2v) is 9.78. The van der Waals surface area contributed by atoms with E-state index in [2.05, 4.69) is 10.3 Å². The molecule has 0 saturated carbocycles. The van der Waals surface area contributed by atoms with E-state index in [1.165, 1.54) is 3.11 Å². The maximum atomic E-state index is 13.3. The molecule has 0 aromatic heterocycles. The summed E-state index contributed by atoms with van der Waals surface area (Å²) < 4.78 is 78.8. The molecule has 3 rings (SSSR count). The van der Waals surface area contributed by atoms with E-state index >= 15 is 0 Å². The van der Waals surface area contributed by atoms with Gasteiger partial charge in [0.2, 0.25) is 18.0 Å². The van der Waals surface area contributed by atoms with Gasteiger partial charge in [0.1, 0.15) is 0 Å². The lowest BCUT2D eigenvalue weighted by atomic mass is 9.83. The molecule has 1 aliphatic rings. The Morgan fingerprint density at radius 3 is 2.03 bits per heavy atom. The Morgan fingerprint density at radius 2 is 1.46 bits per heavy atom. The summed E-state index contributed by atoms with van der Waals surface area (Å²) in [4.78, 5) is 43.0. The minimum atomic E-state index is -4.76. The highest BCUT2D eigenvalue weighted by Crippen LogP contribution is 2.34. The lowest BCUT2D eigenvalue weighted by Gasteiger charge is -2.27. The van der Waals surface area contributed by atoms with Crippen LogP contribution in [0.25, 0.3) is 0 Å². The summed E-state index contributed by atoms with van der Waals surface area (Å²) in [5.74, 6) is -7.10. The number of carbonyl (C=O) groups is 3. The zero-order chi connectivity index (χ0) is 29.0. The van der Waals surface area contributed by atoms with Crippen LogP contribution < -0.4 is 14.2 Å². The summed E-state index contributed by atoms with van der Waals surface area (Å²) in [6.45, 7) is 0. The Morgan fingerprint density at radius 1 is 0.923 bits per heavy atom. The Hall–Kier alpha value is -3.17. The number of nitrogens with two attached hydrogens (primary N) is 1.